The van der Waals surface area contributed by atoms with Gasteiger partial charge < -0.3 is 0 Å². The Labute approximate surface area is 116 Å². The summed E-state index contributed by atoms with van der Waals surface area (Å²) in [6, 6.07) is 12.5. The first-order valence-electron chi connectivity index (χ1n) is 5.70. The van der Waals surface area contributed by atoms with Crippen molar-refractivity contribution in [3.63, 3.8) is 0 Å². The molecule has 0 saturated heterocycles. The van der Waals surface area contributed by atoms with Gasteiger partial charge in [-0.05, 0) is 30.2 Å². The van der Waals surface area contributed by atoms with Crippen LogP contribution in [0.15, 0.2) is 42.5 Å². The van der Waals surface area contributed by atoms with Crippen LogP contribution < -0.4 is 0 Å². The second-order valence-corrected chi connectivity index (χ2v) is 4.87. The van der Waals surface area contributed by atoms with Gasteiger partial charge in [0.2, 0.25) is 0 Å². The van der Waals surface area contributed by atoms with Gasteiger partial charge in [-0.25, -0.2) is 0 Å². The molecule has 0 aliphatic heterocycles. The van der Waals surface area contributed by atoms with Gasteiger partial charge in [0.1, 0.15) is 0 Å². The van der Waals surface area contributed by atoms with Gasteiger partial charge in [-0.1, -0.05) is 54.4 Å². The van der Waals surface area contributed by atoms with Crippen molar-refractivity contribution in [2.45, 2.75) is 13.3 Å². The minimum Gasteiger partial charge on any atom is -0.289 e. The molecule has 0 saturated carbocycles. The number of aryl methyl sites for hydroxylation is 1. The van der Waals surface area contributed by atoms with E-state index in [1.807, 2.05) is 31.2 Å². The van der Waals surface area contributed by atoms with Crippen LogP contribution in [0.5, 0.6) is 0 Å². The molecule has 18 heavy (non-hydrogen) atoms. The van der Waals surface area contributed by atoms with E-state index in [1.54, 1.807) is 18.2 Å². The van der Waals surface area contributed by atoms with Gasteiger partial charge in [-0.3, -0.25) is 4.79 Å². The van der Waals surface area contributed by atoms with Gasteiger partial charge in [0.25, 0.3) is 0 Å². The number of hydrogen-bond acceptors (Lipinski definition) is 1. The zero-order valence-corrected chi connectivity index (χ0v) is 11.4. The van der Waals surface area contributed by atoms with Gasteiger partial charge in [0.15, 0.2) is 5.78 Å². The second-order valence-electron chi connectivity index (χ2n) is 4.00. The minimum absolute atomic E-state index is 0.0446. The number of halogens is 2. The lowest BCUT2D eigenvalue weighted by molar-refractivity contribution is 0.103. The molecule has 1 nitrogen and oxygen atoms in total. The smallest absolute Gasteiger partial charge is 0.193 e. The topological polar surface area (TPSA) is 17.1 Å². The van der Waals surface area contributed by atoms with Crippen LogP contribution in [0, 0.1) is 0 Å². The number of benzene rings is 2. The molecular weight excluding hydrogens is 267 g/mol. The van der Waals surface area contributed by atoms with Crippen LogP contribution >= 0.6 is 23.2 Å². The third-order valence-corrected chi connectivity index (χ3v) is 3.20. The molecule has 0 bridgehead atoms. The van der Waals surface area contributed by atoms with E-state index in [9.17, 15) is 4.79 Å². The van der Waals surface area contributed by atoms with Gasteiger partial charge >= 0.3 is 0 Å². The molecule has 0 unspecified atom stereocenters. The van der Waals surface area contributed by atoms with Crippen LogP contribution in [0.25, 0.3) is 0 Å². The van der Waals surface area contributed by atoms with Crippen molar-refractivity contribution in [2.75, 3.05) is 0 Å². The molecule has 0 aliphatic rings. The molecule has 0 atom stereocenters. The fraction of sp³-hybridized carbons (Fsp3) is 0.133. The molecule has 0 aliphatic carbocycles. The standard InChI is InChI=1S/C15H12Cl2O/c1-2-10-5-3-4-6-14(10)15(18)11-7-12(16)9-13(17)8-11/h3-9H,2H2,1H3. The lowest BCUT2D eigenvalue weighted by atomic mass is 9.97. The van der Waals surface area contributed by atoms with E-state index in [0.29, 0.717) is 21.2 Å². The summed E-state index contributed by atoms with van der Waals surface area (Å²) in [6.45, 7) is 2.02. The summed E-state index contributed by atoms with van der Waals surface area (Å²) < 4.78 is 0. The fourth-order valence-corrected chi connectivity index (χ4v) is 2.42. The van der Waals surface area contributed by atoms with E-state index < -0.39 is 0 Å². The minimum atomic E-state index is -0.0446. The molecule has 2 rings (SSSR count). The Kier molecular flexibility index (Phi) is 4.05. The predicted molar refractivity (Wildman–Crippen MR) is 75.7 cm³/mol. The zero-order valence-electron chi connectivity index (χ0n) is 9.91. The molecule has 0 amide bonds. The number of hydrogen-bond donors (Lipinski definition) is 0. The zero-order chi connectivity index (χ0) is 13.1. The fourth-order valence-electron chi connectivity index (χ4n) is 1.89. The summed E-state index contributed by atoms with van der Waals surface area (Å²) in [6.07, 6.45) is 0.816. The third kappa shape index (κ3) is 2.74. The van der Waals surface area contributed by atoms with E-state index in [1.165, 1.54) is 0 Å². The van der Waals surface area contributed by atoms with Crippen molar-refractivity contribution >= 4 is 29.0 Å². The van der Waals surface area contributed by atoms with Crippen molar-refractivity contribution in [1.82, 2.24) is 0 Å². The van der Waals surface area contributed by atoms with Gasteiger partial charge in [0, 0.05) is 21.2 Å². The van der Waals surface area contributed by atoms with Gasteiger partial charge in [-0.2, -0.15) is 0 Å². The average Bonchev–Trinajstić information content (AvgIpc) is 2.36. The van der Waals surface area contributed by atoms with E-state index in [-0.39, 0.29) is 5.78 Å². The Bertz CT molecular complexity index is 571. The first-order valence-corrected chi connectivity index (χ1v) is 6.46. The van der Waals surface area contributed by atoms with Crippen LogP contribution in [0.1, 0.15) is 28.4 Å². The Morgan fingerprint density at radius 2 is 1.67 bits per heavy atom. The lowest BCUT2D eigenvalue weighted by Gasteiger charge is -2.07. The second kappa shape index (κ2) is 5.55. The van der Waals surface area contributed by atoms with Crippen molar-refractivity contribution in [3.8, 4) is 0 Å². The van der Waals surface area contributed by atoms with Crippen LogP contribution in [0.3, 0.4) is 0 Å². The van der Waals surface area contributed by atoms with Crippen molar-refractivity contribution in [3.05, 3.63) is 69.2 Å². The molecule has 0 aromatic heterocycles. The first kappa shape index (κ1) is 13.1. The number of ketones is 1. The summed E-state index contributed by atoms with van der Waals surface area (Å²) in [5.41, 5.74) is 2.25. The highest BCUT2D eigenvalue weighted by Crippen LogP contribution is 2.22. The molecular formula is C15H12Cl2O. The average molecular weight is 279 g/mol. The molecule has 2 aromatic rings. The highest BCUT2D eigenvalue weighted by atomic mass is 35.5. The van der Waals surface area contributed by atoms with E-state index in [2.05, 4.69) is 0 Å². The van der Waals surface area contributed by atoms with Crippen molar-refractivity contribution < 1.29 is 4.79 Å². The SMILES string of the molecule is CCc1ccccc1C(=O)c1cc(Cl)cc(Cl)c1. The van der Waals surface area contributed by atoms with E-state index in [4.69, 9.17) is 23.2 Å². The largest absolute Gasteiger partial charge is 0.289 e. The summed E-state index contributed by atoms with van der Waals surface area (Å²) in [5.74, 6) is -0.0446. The maximum Gasteiger partial charge on any atom is 0.193 e. The quantitative estimate of drug-likeness (QED) is 0.738. The van der Waals surface area contributed by atoms with Crippen LogP contribution in [-0.2, 0) is 6.42 Å². The predicted octanol–water partition coefficient (Wildman–Crippen LogP) is 4.79. The summed E-state index contributed by atoms with van der Waals surface area (Å²) in [7, 11) is 0. The molecule has 3 heteroatoms. The van der Waals surface area contributed by atoms with E-state index in [0.717, 1.165) is 12.0 Å². The summed E-state index contributed by atoms with van der Waals surface area (Å²) in [5, 5.41) is 0.944. The number of rotatable bonds is 3. The highest BCUT2D eigenvalue weighted by Gasteiger charge is 2.13. The molecule has 0 heterocycles. The third-order valence-electron chi connectivity index (χ3n) is 2.77. The number of carbonyl (C=O) groups is 1. The normalized spacial score (nSPS) is 10.4. The van der Waals surface area contributed by atoms with Gasteiger partial charge in [0.05, 0.1) is 0 Å². The lowest BCUT2D eigenvalue weighted by Crippen LogP contribution is -2.05. The molecule has 0 radical (unpaired) electrons. The summed E-state index contributed by atoms with van der Waals surface area (Å²) in [4.78, 5) is 12.4. The van der Waals surface area contributed by atoms with E-state index >= 15 is 0 Å². The maximum atomic E-state index is 12.4. The van der Waals surface area contributed by atoms with Crippen LogP contribution in [0.2, 0.25) is 10.0 Å². The summed E-state index contributed by atoms with van der Waals surface area (Å²) >= 11 is 11.8. The Morgan fingerprint density at radius 1 is 1.06 bits per heavy atom. The molecule has 92 valence electrons. The van der Waals surface area contributed by atoms with Crippen LogP contribution in [-0.4, -0.2) is 5.78 Å². The molecule has 0 spiro atoms. The highest BCUT2D eigenvalue weighted by molar-refractivity contribution is 6.35. The number of carbonyl (C=O) groups excluding carboxylic acids is 1. The molecule has 0 fully saturated rings. The van der Waals surface area contributed by atoms with Crippen LogP contribution in [0.4, 0.5) is 0 Å². The monoisotopic (exact) mass is 278 g/mol. The first-order chi connectivity index (χ1) is 8.61. The Balaban J connectivity index is 2.47. The molecule has 2 aromatic carbocycles. The van der Waals surface area contributed by atoms with Crippen molar-refractivity contribution in [1.29, 1.82) is 0 Å². The Morgan fingerprint density at radius 3 is 2.28 bits per heavy atom. The molecule has 0 N–H and O–H groups in total. The maximum absolute atomic E-state index is 12.4. The van der Waals surface area contributed by atoms with Gasteiger partial charge in [-0.15, -0.1) is 0 Å². The van der Waals surface area contributed by atoms with Crippen molar-refractivity contribution in [2.24, 2.45) is 0 Å². The Hall–Kier alpha value is -1.31.